The standard InChI is InChI=1S/C15H21NO4S/c17-21(18,16-8-7-12-3-1-2-4-12)13-5-6-14-15(11-13)20-10-9-19-14/h5-6,11-12,16H,1-4,7-10H2. The molecule has 0 unspecified atom stereocenters. The molecular weight excluding hydrogens is 290 g/mol. The average Bonchev–Trinajstić information content (AvgIpc) is 3.00. The van der Waals surface area contributed by atoms with Gasteiger partial charge in [0.25, 0.3) is 0 Å². The molecule has 1 fully saturated rings. The molecule has 0 atom stereocenters. The Balaban J connectivity index is 1.63. The minimum absolute atomic E-state index is 0.234. The van der Waals surface area contributed by atoms with Crippen molar-refractivity contribution in [2.75, 3.05) is 19.8 Å². The minimum atomic E-state index is -3.47. The van der Waals surface area contributed by atoms with Gasteiger partial charge in [-0.3, -0.25) is 0 Å². The van der Waals surface area contributed by atoms with Crippen LogP contribution in [0.2, 0.25) is 0 Å². The summed E-state index contributed by atoms with van der Waals surface area (Å²) in [6.07, 6.45) is 5.93. The zero-order chi connectivity index (χ0) is 14.7. The molecule has 0 bridgehead atoms. The molecule has 116 valence electrons. The Morgan fingerprint density at radius 3 is 2.57 bits per heavy atom. The van der Waals surface area contributed by atoms with Crippen LogP contribution < -0.4 is 14.2 Å². The maximum Gasteiger partial charge on any atom is 0.240 e. The van der Waals surface area contributed by atoms with Crippen LogP contribution in [-0.2, 0) is 10.0 Å². The molecule has 1 heterocycles. The third kappa shape index (κ3) is 3.49. The Labute approximate surface area is 125 Å². The van der Waals surface area contributed by atoms with Crippen LogP contribution in [0.4, 0.5) is 0 Å². The highest BCUT2D eigenvalue weighted by molar-refractivity contribution is 7.89. The molecule has 21 heavy (non-hydrogen) atoms. The molecule has 1 aliphatic carbocycles. The Morgan fingerprint density at radius 1 is 1.10 bits per heavy atom. The first kappa shape index (κ1) is 14.7. The van der Waals surface area contributed by atoms with E-state index in [9.17, 15) is 8.42 Å². The van der Waals surface area contributed by atoms with Crippen molar-refractivity contribution in [2.24, 2.45) is 5.92 Å². The van der Waals surface area contributed by atoms with Gasteiger partial charge < -0.3 is 9.47 Å². The van der Waals surface area contributed by atoms with Crippen molar-refractivity contribution in [1.82, 2.24) is 4.72 Å². The van der Waals surface area contributed by atoms with Gasteiger partial charge in [-0.15, -0.1) is 0 Å². The van der Waals surface area contributed by atoms with Crippen LogP contribution in [0.1, 0.15) is 32.1 Å². The molecule has 0 radical (unpaired) electrons. The third-order valence-corrected chi connectivity index (χ3v) is 5.60. The summed E-state index contributed by atoms with van der Waals surface area (Å²) in [5, 5.41) is 0. The number of ether oxygens (including phenoxy) is 2. The van der Waals surface area contributed by atoms with Crippen LogP contribution in [-0.4, -0.2) is 28.2 Å². The van der Waals surface area contributed by atoms with Gasteiger partial charge >= 0.3 is 0 Å². The Morgan fingerprint density at radius 2 is 1.81 bits per heavy atom. The van der Waals surface area contributed by atoms with E-state index in [-0.39, 0.29) is 4.90 Å². The lowest BCUT2D eigenvalue weighted by atomic mass is 10.1. The van der Waals surface area contributed by atoms with Gasteiger partial charge in [-0.25, -0.2) is 13.1 Å². The van der Waals surface area contributed by atoms with Crippen molar-refractivity contribution >= 4 is 10.0 Å². The van der Waals surface area contributed by atoms with Gasteiger partial charge in [0.2, 0.25) is 10.0 Å². The van der Waals surface area contributed by atoms with Gasteiger partial charge in [-0.05, 0) is 24.5 Å². The molecular formula is C15H21NO4S. The highest BCUT2D eigenvalue weighted by atomic mass is 32.2. The average molecular weight is 311 g/mol. The monoisotopic (exact) mass is 311 g/mol. The van der Waals surface area contributed by atoms with E-state index < -0.39 is 10.0 Å². The van der Waals surface area contributed by atoms with E-state index in [0.717, 1.165) is 6.42 Å². The van der Waals surface area contributed by atoms with Crippen LogP contribution in [0.25, 0.3) is 0 Å². The fraction of sp³-hybridized carbons (Fsp3) is 0.600. The highest BCUT2D eigenvalue weighted by Gasteiger charge is 2.20. The van der Waals surface area contributed by atoms with Crippen LogP contribution in [0.3, 0.4) is 0 Å². The third-order valence-electron chi connectivity index (χ3n) is 4.14. The summed E-state index contributed by atoms with van der Waals surface area (Å²) < 4.78 is 38.1. The van der Waals surface area contributed by atoms with Gasteiger partial charge in [0, 0.05) is 12.6 Å². The number of rotatable bonds is 5. The van der Waals surface area contributed by atoms with E-state index in [1.807, 2.05) is 0 Å². The summed E-state index contributed by atoms with van der Waals surface area (Å²) >= 11 is 0. The van der Waals surface area contributed by atoms with E-state index in [1.54, 1.807) is 12.1 Å². The number of benzene rings is 1. The zero-order valence-corrected chi connectivity index (χ0v) is 12.8. The molecule has 0 saturated heterocycles. The van der Waals surface area contributed by atoms with Crippen molar-refractivity contribution in [1.29, 1.82) is 0 Å². The lowest BCUT2D eigenvalue weighted by Gasteiger charge is -2.19. The fourth-order valence-electron chi connectivity index (χ4n) is 2.97. The SMILES string of the molecule is O=S(=O)(NCCC1CCCC1)c1ccc2c(c1)OCCO2. The number of hydrogen-bond donors (Lipinski definition) is 1. The topological polar surface area (TPSA) is 64.6 Å². The van der Waals surface area contributed by atoms with E-state index in [2.05, 4.69) is 4.72 Å². The first-order valence-electron chi connectivity index (χ1n) is 7.54. The maximum absolute atomic E-state index is 12.3. The van der Waals surface area contributed by atoms with E-state index in [0.29, 0.717) is 37.2 Å². The molecule has 1 N–H and O–H groups in total. The fourth-order valence-corrected chi connectivity index (χ4v) is 4.03. The summed E-state index contributed by atoms with van der Waals surface area (Å²) in [6.45, 7) is 1.45. The maximum atomic E-state index is 12.3. The molecule has 0 aromatic heterocycles. The van der Waals surface area contributed by atoms with Crippen LogP contribution in [0.5, 0.6) is 11.5 Å². The molecule has 3 rings (SSSR count). The second-order valence-corrected chi connectivity index (χ2v) is 7.41. The molecule has 1 aromatic rings. The first-order valence-corrected chi connectivity index (χ1v) is 9.03. The van der Waals surface area contributed by atoms with Gasteiger partial charge in [0.1, 0.15) is 13.2 Å². The number of sulfonamides is 1. The second-order valence-electron chi connectivity index (χ2n) is 5.64. The summed E-state index contributed by atoms with van der Waals surface area (Å²) in [6, 6.07) is 4.75. The smallest absolute Gasteiger partial charge is 0.240 e. The van der Waals surface area contributed by atoms with E-state index >= 15 is 0 Å². The number of hydrogen-bond acceptors (Lipinski definition) is 4. The van der Waals surface area contributed by atoms with Gasteiger partial charge in [-0.2, -0.15) is 0 Å². The van der Waals surface area contributed by atoms with Crippen molar-refractivity contribution in [3.8, 4) is 11.5 Å². The van der Waals surface area contributed by atoms with Gasteiger partial charge in [-0.1, -0.05) is 25.7 Å². The minimum Gasteiger partial charge on any atom is -0.486 e. The van der Waals surface area contributed by atoms with Gasteiger partial charge in [0.05, 0.1) is 4.90 Å². The summed E-state index contributed by atoms with van der Waals surface area (Å²) in [7, 11) is -3.47. The molecule has 5 nitrogen and oxygen atoms in total. The molecule has 1 saturated carbocycles. The van der Waals surface area contributed by atoms with Crippen molar-refractivity contribution in [3.05, 3.63) is 18.2 Å². The normalized spacial score (nSPS) is 18.9. The quantitative estimate of drug-likeness (QED) is 0.906. The summed E-state index contributed by atoms with van der Waals surface area (Å²) in [5.41, 5.74) is 0. The Kier molecular flexibility index (Phi) is 4.35. The molecule has 2 aliphatic rings. The predicted octanol–water partition coefficient (Wildman–Crippen LogP) is 2.32. The summed E-state index contributed by atoms with van der Waals surface area (Å²) in [5.74, 6) is 1.78. The van der Waals surface area contributed by atoms with Crippen molar-refractivity contribution in [2.45, 2.75) is 37.0 Å². The lowest BCUT2D eigenvalue weighted by molar-refractivity contribution is 0.171. The van der Waals surface area contributed by atoms with Crippen LogP contribution in [0.15, 0.2) is 23.1 Å². The van der Waals surface area contributed by atoms with Crippen LogP contribution in [0, 0.1) is 5.92 Å². The largest absolute Gasteiger partial charge is 0.486 e. The van der Waals surface area contributed by atoms with E-state index in [1.165, 1.54) is 31.7 Å². The van der Waals surface area contributed by atoms with Crippen LogP contribution >= 0.6 is 0 Å². The number of nitrogens with one attached hydrogen (secondary N) is 1. The molecule has 1 aliphatic heterocycles. The highest BCUT2D eigenvalue weighted by Crippen LogP contribution is 2.32. The summed E-state index contributed by atoms with van der Waals surface area (Å²) in [4.78, 5) is 0.234. The molecule has 0 spiro atoms. The van der Waals surface area contributed by atoms with Gasteiger partial charge in [0.15, 0.2) is 11.5 Å². The predicted molar refractivity (Wildman–Crippen MR) is 79.2 cm³/mol. The molecule has 1 aromatic carbocycles. The molecule has 0 amide bonds. The zero-order valence-electron chi connectivity index (χ0n) is 12.0. The van der Waals surface area contributed by atoms with E-state index in [4.69, 9.17) is 9.47 Å². The Hall–Kier alpha value is -1.27. The first-order chi connectivity index (χ1) is 10.1. The Bertz CT molecular complexity index is 594. The van der Waals surface area contributed by atoms with Crippen molar-refractivity contribution < 1.29 is 17.9 Å². The lowest BCUT2D eigenvalue weighted by Crippen LogP contribution is -2.26. The molecule has 6 heteroatoms. The second kappa shape index (κ2) is 6.23. The van der Waals surface area contributed by atoms with Crippen molar-refractivity contribution in [3.63, 3.8) is 0 Å². The number of fused-ring (bicyclic) bond motifs is 1.